The first-order chi connectivity index (χ1) is 15.1. The average Bonchev–Trinajstić information content (AvgIpc) is 2.78. The first-order valence-corrected chi connectivity index (χ1v) is 11.9. The molecule has 1 N–H and O–H groups in total. The molecule has 0 spiro atoms. The number of ether oxygens (including phenoxy) is 1. The molecule has 1 atom stereocenters. The minimum atomic E-state index is -3.77. The number of halogens is 2. The Morgan fingerprint density at radius 3 is 2.53 bits per heavy atom. The number of aromatic nitrogens is 3. The van der Waals surface area contributed by atoms with Crippen LogP contribution in [0.1, 0.15) is 24.1 Å². The van der Waals surface area contributed by atoms with E-state index in [9.17, 15) is 12.8 Å². The van der Waals surface area contributed by atoms with Crippen molar-refractivity contribution in [3.8, 4) is 5.75 Å². The standard InChI is InChI=1S/C21H23ClFN5O3S/c1-13(28(2)20-17(23)18(22)26-21(27-20)32(4,29)30)16-6-5-11-24-19(16)25-12-14-7-9-15(31-3)10-8-14/h5-11,13H,12H2,1-4H3,(H,24,25)/t13-/m1/s1. The Morgan fingerprint density at radius 2 is 1.91 bits per heavy atom. The van der Waals surface area contributed by atoms with Gasteiger partial charge in [0.25, 0.3) is 0 Å². The van der Waals surface area contributed by atoms with Gasteiger partial charge in [0.1, 0.15) is 11.6 Å². The summed E-state index contributed by atoms with van der Waals surface area (Å²) in [5.74, 6) is 0.251. The molecule has 0 bridgehead atoms. The smallest absolute Gasteiger partial charge is 0.250 e. The average molecular weight is 480 g/mol. The van der Waals surface area contributed by atoms with Crippen LogP contribution in [0.2, 0.25) is 5.15 Å². The molecule has 0 aliphatic carbocycles. The van der Waals surface area contributed by atoms with Gasteiger partial charge in [-0.25, -0.2) is 18.4 Å². The first-order valence-electron chi connectivity index (χ1n) is 9.59. The van der Waals surface area contributed by atoms with E-state index in [1.54, 1.807) is 26.4 Å². The number of nitrogens with one attached hydrogen (secondary N) is 1. The summed E-state index contributed by atoms with van der Waals surface area (Å²) >= 11 is 5.84. The van der Waals surface area contributed by atoms with Crippen molar-refractivity contribution in [2.75, 3.05) is 30.6 Å². The third-order valence-electron chi connectivity index (χ3n) is 4.93. The van der Waals surface area contributed by atoms with E-state index in [4.69, 9.17) is 16.3 Å². The van der Waals surface area contributed by atoms with Crippen molar-refractivity contribution < 1.29 is 17.5 Å². The fourth-order valence-corrected chi connectivity index (χ4v) is 3.74. The van der Waals surface area contributed by atoms with E-state index in [0.29, 0.717) is 12.4 Å². The van der Waals surface area contributed by atoms with Crippen molar-refractivity contribution in [1.82, 2.24) is 15.0 Å². The number of anilines is 2. The van der Waals surface area contributed by atoms with E-state index in [2.05, 4.69) is 20.3 Å². The number of hydrogen-bond acceptors (Lipinski definition) is 8. The van der Waals surface area contributed by atoms with Crippen LogP contribution in [0.15, 0.2) is 47.8 Å². The lowest BCUT2D eigenvalue weighted by Crippen LogP contribution is -2.26. The quantitative estimate of drug-likeness (QED) is 0.384. The molecule has 0 unspecified atom stereocenters. The first kappa shape index (κ1) is 23.7. The summed E-state index contributed by atoms with van der Waals surface area (Å²) in [6.07, 6.45) is 2.59. The molecule has 2 heterocycles. The van der Waals surface area contributed by atoms with Crippen molar-refractivity contribution in [2.45, 2.75) is 24.7 Å². The Labute approximate surface area is 191 Å². The molecule has 1 aromatic carbocycles. The zero-order valence-electron chi connectivity index (χ0n) is 18.0. The predicted octanol–water partition coefficient (Wildman–Crippen LogP) is 3.89. The Morgan fingerprint density at radius 1 is 1.22 bits per heavy atom. The van der Waals surface area contributed by atoms with Crippen LogP contribution in [0.4, 0.5) is 16.0 Å². The van der Waals surface area contributed by atoms with Gasteiger partial charge in [-0.1, -0.05) is 29.8 Å². The third-order valence-corrected chi connectivity index (χ3v) is 6.02. The highest BCUT2D eigenvalue weighted by Crippen LogP contribution is 2.32. The zero-order valence-corrected chi connectivity index (χ0v) is 19.6. The number of pyridine rings is 1. The Hall–Kier alpha value is -2.98. The van der Waals surface area contributed by atoms with Gasteiger partial charge in [-0.15, -0.1) is 0 Å². The van der Waals surface area contributed by atoms with Crippen LogP contribution in [0, 0.1) is 5.82 Å². The maximum Gasteiger partial charge on any atom is 0.250 e. The summed E-state index contributed by atoms with van der Waals surface area (Å²) in [5.41, 5.74) is 1.79. The highest BCUT2D eigenvalue weighted by Gasteiger charge is 2.25. The summed E-state index contributed by atoms with van der Waals surface area (Å²) in [6, 6.07) is 10.8. The molecule has 32 heavy (non-hydrogen) atoms. The SMILES string of the molecule is COc1ccc(CNc2ncccc2[C@@H](C)N(C)c2nc(S(C)(=O)=O)nc(Cl)c2F)cc1. The van der Waals surface area contributed by atoms with Gasteiger partial charge >= 0.3 is 0 Å². The van der Waals surface area contributed by atoms with E-state index >= 15 is 0 Å². The van der Waals surface area contributed by atoms with Gasteiger partial charge < -0.3 is 15.0 Å². The second-order valence-electron chi connectivity index (χ2n) is 7.14. The normalized spacial score (nSPS) is 12.3. The van der Waals surface area contributed by atoms with Crippen LogP contribution in [-0.2, 0) is 16.4 Å². The lowest BCUT2D eigenvalue weighted by atomic mass is 10.1. The largest absolute Gasteiger partial charge is 0.497 e. The van der Waals surface area contributed by atoms with Gasteiger partial charge in [-0.05, 0) is 30.7 Å². The zero-order chi connectivity index (χ0) is 23.5. The molecule has 0 saturated carbocycles. The second-order valence-corrected chi connectivity index (χ2v) is 9.40. The van der Waals surface area contributed by atoms with Gasteiger partial charge in [-0.2, -0.15) is 9.37 Å². The van der Waals surface area contributed by atoms with E-state index in [1.165, 1.54) is 4.90 Å². The lowest BCUT2D eigenvalue weighted by molar-refractivity contribution is 0.414. The number of rotatable bonds is 8. The number of nitrogens with zero attached hydrogens (tertiary/aromatic N) is 4. The highest BCUT2D eigenvalue weighted by atomic mass is 35.5. The molecule has 0 aliphatic rings. The molecular weight excluding hydrogens is 457 g/mol. The molecule has 0 aliphatic heterocycles. The van der Waals surface area contributed by atoms with Gasteiger partial charge in [-0.3, -0.25) is 0 Å². The topological polar surface area (TPSA) is 97.3 Å². The number of methoxy groups -OCH3 is 1. The minimum absolute atomic E-state index is 0.220. The maximum atomic E-state index is 14.7. The summed E-state index contributed by atoms with van der Waals surface area (Å²) < 4.78 is 43.6. The molecule has 11 heteroatoms. The molecule has 170 valence electrons. The van der Waals surface area contributed by atoms with Crippen molar-refractivity contribution in [3.05, 3.63) is 64.7 Å². The minimum Gasteiger partial charge on any atom is -0.497 e. The van der Waals surface area contributed by atoms with Crippen LogP contribution < -0.4 is 15.0 Å². The van der Waals surface area contributed by atoms with Crippen LogP contribution in [-0.4, -0.2) is 43.8 Å². The van der Waals surface area contributed by atoms with Crippen molar-refractivity contribution in [1.29, 1.82) is 0 Å². The fourth-order valence-electron chi connectivity index (χ4n) is 3.01. The van der Waals surface area contributed by atoms with Crippen molar-refractivity contribution in [2.24, 2.45) is 0 Å². The van der Waals surface area contributed by atoms with Crippen LogP contribution in [0.25, 0.3) is 0 Å². The van der Waals surface area contributed by atoms with Crippen LogP contribution in [0.5, 0.6) is 5.75 Å². The molecule has 0 fully saturated rings. The van der Waals surface area contributed by atoms with E-state index in [1.807, 2.05) is 37.3 Å². The molecule has 0 amide bonds. The van der Waals surface area contributed by atoms with E-state index in [0.717, 1.165) is 23.1 Å². The molecule has 2 aromatic heterocycles. The summed E-state index contributed by atoms with van der Waals surface area (Å²) in [7, 11) is -0.570. The number of hydrogen-bond donors (Lipinski definition) is 1. The molecular formula is C21H23ClFN5O3S. The monoisotopic (exact) mass is 479 g/mol. The number of benzene rings is 1. The Balaban J connectivity index is 1.88. The summed E-state index contributed by atoms with van der Waals surface area (Å²) in [4.78, 5) is 13.4. The van der Waals surface area contributed by atoms with Gasteiger partial charge in [0.05, 0.1) is 13.2 Å². The molecule has 8 nitrogen and oxygen atoms in total. The summed E-state index contributed by atoms with van der Waals surface area (Å²) in [6.45, 7) is 2.33. The predicted molar refractivity (Wildman–Crippen MR) is 121 cm³/mol. The molecule has 3 rings (SSSR count). The van der Waals surface area contributed by atoms with Crippen molar-refractivity contribution >= 4 is 33.1 Å². The summed E-state index contributed by atoms with van der Waals surface area (Å²) in [5, 5.41) is 2.19. The third kappa shape index (κ3) is 5.25. The highest BCUT2D eigenvalue weighted by molar-refractivity contribution is 7.90. The fraction of sp³-hybridized carbons (Fsp3) is 0.286. The molecule has 0 saturated heterocycles. The van der Waals surface area contributed by atoms with E-state index in [-0.39, 0.29) is 5.82 Å². The second kappa shape index (κ2) is 9.66. The van der Waals surface area contributed by atoms with Crippen LogP contribution >= 0.6 is 11.6 Å². The maximum absolute atomic E-state index is 14.7. The number of sulfone groups is 1. The van der Waals surface area contributed by atoms with E-state index < -0.39 is 32.0 Å². The van der Waals surface area contributed by atoms with Crippen molar-refractivity contribution in [3.63, 3.8) is 0 Å². The Bertz CT molecular complexity index is 1210. The van der Waals surface area contributed by atoms with Gasteiger partial charge in [0.2, 0.25) is 20.8 Å². The Kier molecular flexibility index (Phi) is 7.15. The van der Waals surface area contributed by atoms with Gasteiger partial charge in [0, 0.05) is 31.6 Å². The molecule has 3 aromatic rings. The molecule has 0 radical (unpaired) electrons. The van der Waals surface area contributed by atoms with Crippen LogP contribution in [0.3, 0.4) is 0 Å². The lowest BCUT2D eigenvalue weighted by Gasteiger charge is -2.28. The van der Waals surface area contributed by atoms with Gasteiger partial charge in [0.15, 0.2) is 11.0 Å².